The zero-order valence-electron chi connectivity index (χ0n) is 32.4. The number of hydrogen-bond donors (Lipinski definition) is 3. The van der Waals surface area contributed by atoms with Gasteiger partial charge in [0.25, 0.3) is 0 Å². The lowest BCUT2D eigenvalue weighted by Gasteiger charge is -2.25. The highest BCUT2D eigenvalue weighted by molar-refractivity contribution is 7.47. The number of unbranched alkanes of at least 4 members (excludes halogenated alkanes) is 10. The topological polar surface area (TPSA) is 105 Å². The van der Waals surface area contributed by atoms with Crippen molar-refractivity contribution in [2.75, 3.05) is 40.9 Å². The number of likely N-dealkylation sites (N-methyl/N-ethyl adjacent to an activating group) is 1. The van der Waals surface area contributed by atoms with Crippen LogP contribution in [-0.4, -0.2) is 73.4 Å². The highest BCUT2D eigenvalue weighted by atomic mass is 31.2. The molecule has 0 heterocycles. The number of aliphatic hydroxyl groups is 1. The smallest absolute Gasteiger partial charge is 0.387 e. The molecule has 0 rings (SSSR count). The van der Waals surface area contributed by atoms with Gasteiger partial charge in [0.2, 0.25) is 5.91 Å². The molecular formula is C41H74N2O6P+. The number of nitrogens with one attached hydrogen (secondary N) is 1. The van der Waals surface area contributed by atoms with Crippen molar-refractivity contribution in [2.45, 2.75) is 142 Å². The largest absolute Gasteiger partial charge is 0.472 e. The number of carbonyl (C=O) groups excluding carboxylic acids is 1. The zero-order chi connectivity index (χ0) is 37.2. The number of rotatable bonds is 33. The number of quaternary nitrogens is 1. The lowest BCUT2D eigenvalue weighted by molar-refractivity contribution is -0.870. The maximum absolute atomic E-state index is 12.8. The molecule has 0 aromatic rings. The maximum Gasteiger partial charge on any atom is 0.472 e. The number of phosphoric ester groups is 1. The number of amides is 1. The Morgan fingerprint density at radius 2 is 1.22 bits per heavy atom. The fourth-order valence-corrected chi connectivity index (χ4v) is 5.54. The van der Waals surface area contributed by atoms with Gasteiger partial charge in [0.05, 0.1) is 39.9 Å². The third-order valence-electron chi connectivity index (χ3n) is 7.91. The van der Waals surface area contributed by atoms with Crippen LogP contribution in [0, 0.1) is 0 Å². The van der Waals surface area contributed by atoms with Gasteiger partial charge >= 0.3 is 7.82 Å². The van der Waals surface area contributed by atoms with Crippen LogP contribution in [0.25, 0.3) is 0 Å². The summed E-state index contributed by atoms with van der Waals surface area (Å²) in [5.74, 6) is -0.233. The highest BCUT2D eigenvalue weighted by Gasteiger charge is 2.27. The molecule has 1 amide bonds. The van der Waals surface area contributed by atoms with Crippen molar-refractivity contribution in [2.24, 2.45) is 0 Å². The van der Waals surface area contributed by atoms with E-state index in [0.29, 0.717) is 23.9 Å². The number of hydrogen-bond acceptors (Lipinski definition) is 5. The normalized spacial score (nSPS) is 15.4. The van der Waals surface area contributed by atoms with Crippen molar-refractivity contribution in [3.63, 3.8) is 0 Å². The first-order valence-corrected chi connectivity index (χ1v) is 20.8. The first-order valence-electron chi connectivity index (χ1n) is 19.3. The molecular weight excluding hydrogens is 647 g/mol. The fraction of sp³-hybridized carbons (Fsp3) is 0.683. The molecule has 0 saturated heterocycles. The second-order valence-corrected chi connectivity index (χ2v) is 15.4. The molecule has 50 heavy (non-hydrogen) atoms. The van der Waals surface area contributed by atoms with E-state index in [0.717, 1.165) is 57.8 Å². The van der Waals surface area contributed by atoms with E-state index >= 15 is 0 Å². The van der Waals surface area contributed by atoms with Crippen molar-refractivity contribution < 1.29 is 32.9 Å². The summed E-state index contributed by atoms with van der Waals surface area (Å²) in [7, 11) is 1.51. The second kappa shape index (κ2) is 32.8. The summed E-state index contributed by atoms with van der Waals surface area (Å²) in [4.78, 5) is 23.0. The molecule has 8 nitrogen and oxygen atoms in total. The summed E-state index contributed by atoms with van der Waals surface area (Å²) in [5, 5.41) is 13.7. The molecule has 0 saturated carbocycles. The van der Waals surface area contributed by atoms with Gasteiger partial charge in [0, 0.05) is 6.42 Å². The Kier molecular flexibility index (Phi) is 31.5. The van der Waals surface area contributed by atoms with E-state index in [4.69, 9.17) is 9.05 Å². The molecule has 3 N–H and O–H groups in total. The van der Waals surface area contributed by atoms with E-state index in [1.165, 1.54) is 44.9 Å². The summed E-state index contributed by atoms with van der Waals surface area (Å²) in [6, 6.07) is -0.886. The summed E-state index contributed by atoms with van der Waals surface area (Å²) >= 11 is 0. The minimum atomic E-state index is -4.35. The van der Waals surface area contributed by atoms with Crippen LogP contribution in [0.5, 0.6) is 0 Å². The SMILES string of the molecule is CC/C=C\C/C=C\C/C=C\C/C=C\CCCCC(=O)NC(COP(=O)(O)OCC[N+](C)(C)C)C(O)/C=C/CC/C=C/CCCCCCCCC. The lowest BCUT2D eigenvalue weighted by Crippen LogP contribution is -2.45. The first-order chi connectivity index (χ1) is 24.0. The van der Waals surface area contributed by atoms with Crippen LogP contribution in [-0.2, 0) is 18.4 Å². The summed E-state index contributed by atoms with van der Waals surface area (Å²) in [6.07, 6.45) is 42.6. The highest BCUT2D eigenvalue weighted by Crippen LogP contribution is 2.43. The van der Waals surface area contributed by atoms with Crippen molar-refractivity contribution in [3.05, 3.63) is 72.9 Å². The summed E-state index contributed by atoms with van der Waals surface area (Å²) < 4.78 is 23.4. The Labute approximate surface area is 306 Å². The molecule has 3 atom stereocenters. The van der Waals surface area contributed by atoms with E-state index in [-0.39, 0.29) is 19.1 Å². The van der Waals surface area contributed by atoms with Gasteiger partial charge in [-0.2, -0.15) is 0 Å². The van der Waals surface area contributed by atoms with Gasteiger partial charge in [-0.15, -0.1) is 0 Å². The molecule has 0 aliphatic rings. The van der Waals surface area contributed by atoms with Gasteiger partial charge in [0.1, 0.15) is 13.2 Å². The number of carbonyl (C=O) groups is 1. The van der Waals surface area contributed by atoms with Crippen molar-refractivity contribution in [1.29, 1.82) is 0 Å². The van der Waals surface area contributed by atoms with Crippen LogP contribution < -0.4 is 5.32 Å². The molecule has 0 bridgehead atoms. The predicted octanol–water partition coefficient (Wildman–Crippen LogP) is 10.1. The molecule has 0 aliphatic heterocycles. The maximum atomic E-state index is 12.8. The Morgan fingerprint density at radius 3 is 1.84 bits per heavy atom. The number of phosphoric acid groups is 1. The Hall–Kier alpha value is -2.06. The van der Waals surface area contributed by atoms with Crippen LogP contribution in [0.3, 0.4) is 0 Å². The minimum Gasteiger partial charge on any atom is -0.387 e. The van der Waals surface area contributed by atoms with Crippen LogP contribution in [0.15, 0.2) is 72.9 Å². The average molecular weight is 722 g/mol. The predicted molar refractivity (Wildman–Crippen MR) is 212 cm³/mol. The fourth-order valence-electron chi connectivity index (χ4n) is 4.81. The van der Waals surface area contributed by atoms with Crippen molar-refractivity contribution >= 4 is 13.7 Å². The standard InChI is InChI=1S/C41H73N2O6P/c1-6-8-10-12-14-16-18-20-21-23-25-27-29-31-33-35-41(45)42-39(38-49-50(46,47)48-37-36-43(3,4)5)40(44)34-32-30-28-26-24-22-19-17-15-13-11-9-7-2/h8,10,14,16,20-21,24-27,32,34,39-40,44H,6-7,9,11-13,15,17-19,22-23,28-31,33,35-38H2,1-5H3,(H-,42,45,46,47)/p+1/b10-8-,16-14-,21-20-,26-24+,27-25-,34-32+. The Morgan fingerprint density at radius 1 is 0.700 bits per heavy atom. The van der Waals surface area contributed by atoms with Crippen LogP contribution in [0.2, 0.25) is 0 Å². The lowest BCUT2D eigenvalue weighted by atomic mass is 10.1. The van der Waals surface area contributed by atoms with Crippen molar-refractivity contribution in [3.8, 4) is 0 Å². The van der Waals surface area contributed by atoms with E-state index < -0.39 is 20.0 Å². The van der Waals surface area contributed by atoms with Crippen molar-refractivity contribution in [1.82, 2.24) is 5.32 Å². The molecule has 288 valence electrons. The van der Waals surface area contributed by atoms with Gasteiger partial charge in [-0.1, -0.05) is 125 Å². The Bertz CT molecular complexity index is 1040. The van der Waals surface area contributed by atoms with Crippen LogP contribution >= 0.6 is 7.82 Å². The van der Waals surface area contributed by atoms with E-state index in [9.17, 15) is 19.4 Å². The van der Waals surface area contributed by atoms with Gasteiger partial charge in [-0.05, 0) is 70.6 Å². The molecule has 9 heteroatoms. The third-order valence-corrected chi connectivity index (χ3v) is 8.89. The quantitative estimate of drug-likeness (QED) is 0.0270. The Balaban J connectivity index is 4.69. The molecule has 0 aliphatic carbocycles. The average Bonchev–Trinajstić information content (AvgIpc) is 3.06. The van der Waals surface area contributed by atoms with E-state index in [1.54, 1.807) is 6.08 Å². The minimum absolute atomic E-state index is 0.0442. The molecule has 0 spiro atoms. The van der Waals surface area contributed by atoms with E-state index in [2.05, 4.69) is 79.9 Å². The monoisotopic (exact) mass is 722 g/mol. The molecule has 0 aromatic carbocycles. The summed E-state index contributed by atoms with van der Waals surface area (Å²) in [6.45, 7) is 4.59. The molecule has 0 fully saturated rings. The molecule has 0 radical (unpaired) electrons. The van der Waals surface area contributed by atoms with E-state index in [1.807, 2.05) is 27.2 Å². The number of allylic oxidation sites excluding steroid dienone is 11. The van der Waals surface area contributed by atoms with Gasteiger partial charge in [-0.3, -0.25) is 13.8 Å². The zero-order valence-corrected chi connectivity index (χ0v) is 33.2. The number of nitrogens with zero attached hydrogens (tertiary/aromatic N) is 1. The van der Waals surface area contributed by atoms with Crippen LogP contribution in [0.1, 0.15) is 129 Å². The van der Waals surface area contributed by atoms with Gasteiger partial charge in [-0.25, -0.2) is 4.57 Å². The summed E-state index contributed by atoms with van der Waals surface area (Å²) in [5.41, 5.74) is 0. The third kappa shape index (κ3) is 34.4. The second-order valence-electron chi connectivity index (χ2n) is 13.9. The number of aliphatic hydroxyl groups excluding tert-OH is 1. The van der Waals surface area contributed by atoms with Crippen LogP contribution in [0.4, 0.5) is 0 Å². The first kappa shape index (κ1) is 47.9. The van der Waals surface area contributed by atoms with Gasteiger partial charge in [0.15, 0.2) is 0 Å². The van der Waals surface area contributed by atoms with Gasteiger partial charge < -0.3 is 19.8 Å². The molecule has 3 unspecified atom stereocenters. The molecule has 0 aromatic heterocycles.